The molecule has 2 rings (SSSR count). The molecule has 1 N–H and O–H groups in total. The van der Waals surface area contributed by atoms with Crippen LogP contribution in [0.15, 0.2) is 34.9 Å². The van der Waals surface area contributed by atoms with Gasteiger partial charge in [0.15, 0.2) is 5.76 Å². The van der Waals surface area contributed by atoms with Gasteiger partial charge in [-0.25, -0.2) is 4.39 Å². The zero-order valence-electron chi connectivity index (χ0n) is 10.8. The summed E-state index contributed by atoms with van der Waals surface area (Å²) in [6, 6.07) is 8.11. The number of nitrogens with zero attached hydrogens (tertiary/aromatic N) is 1. The van der Waals surface area contributed by atoms with Gasteiger partial charge in [-0.2, -0.15) is 0 Å². The van der Waals surface area contributed by atoms with E-state index in [1.54, 1.807) is 12.1 Å². The summed E-state index contributed by atoms with van der Waals surface area (Å²) in [5.41, 5.74) is 1.53. The highest BCUT2D eigenvalue weighted by Gasteiger charge is 2.11. The number of hydrogen-bond donors (Lipinski definition) is 1. The Bertz CT molecular complexity index is 529. The van der Waals surface area contributed by atoms with Crippen molar-refractivity contribution in [2.24, 2.45) is 0 Å². The Morgan fingerprint density at radius 3 is 2.72 bits per heavy atom. The molecule has 1 aromatic heterocycles. The summed E-state index contributed by atoms with van der Waals surface area (Å²) in [5.74, 6) is 0.304. The average molecular weight is 248 g/mol. The zero-order chi connectivity index (χ0) is 13.2. The minimum absolute atomic E-state index is 0.0258. The van der Waals surface area contributed by atoms with Crippen LogP contribution in [0.1, 0.15) is 26.5 Å². The Kier molecular flexibility index (Phi) is 3.48. The number of aromatic nitrogens is 1. The zero-order valence-corrected chi connectivity index (χ0v) is 10.8. The molecule has 0 fully saturated rings. The van der Waals surface area contributed by atoms with Gasteiger partial charge < -0.3 is 9.84 Å². The van der Waals surface area contributed by atoms with Gasteiger partial charge in [0, 0.05) is 23.7 Å². The molecule has 0 amide bonds. The Labute approximate surface area is 106 Å². The first-order chi connectivity index (χ1) is 8.44. The predicted molar refractivity (Wildman–Crippen MR) is 68.5 cm³/mol. The Balaban J connectivity index is 2.11. The number of nitrogens with one attached hydrogen (secondary N) is 1. The maximum absolute atomic E-state index is 13.1. The van der Waals surface area contributed by atoms with Gasteiger partial charge in [-0.05, 0) is 32.9 Å². The van der Waals surface area contributed by atoms with Crippen LogP contribution in [0.5, 0.6) is 0 Å². The number of hydrogen-bond acceptors (Lipinski definition) is 3. The van der Waals surface area contributed by atoms with Crippen molar-refractivity contribution in [3.63, 3.8) is 0 Å². The molecule has 0 aliphatic heterocycles. The third kappa shape index (κ3) is 3.40. The highest BCUT2D eigenvalue weighted by Crippen LogP contribution is 2.21. The molecule has 18 heavy (non-hydrogen) atoms. The van der Waals surface area contributed by atoms with Gasteiger partial charge in [-0.3, -0.25) is 0 Å². The molecule has 2 aromatic rings. The highest BCUT2D eigenvalue weighted by molar-refractivity contribution is 5.57. The van der Waals surface area contributed by atoms with Crippen molar-refractivity contribution < 1.29 is 8.91 Å². The summed E-state index contributed by atoms with van der Waals surface area (Å²) in [4.78, 5) is 0. The van der Waals surface area contributed by atoms with E-state index in [0.717, 1.165) is 5.69 Å². The van der Waals surface area contributed by atoms with Crippen LogP contribution in [0.25, 0.3) is 11.3 Å². The fourth-order valence-electron chi connectivity index (χ4n) is 1.53. The van der Waals surface area contributed by atoms with Gasteiger partial charge in [0.1, 0.15) is 5.82 Å². The lowest BCUT2D eigenvalue weighted by Gasteiger charge is -2.19. The van der Waals surface area contributed by atoms with Gasteiger partial charge >= 0.3 is 0 Å². The fraction of sp³-hybridized carbons (Fsp3) is 0.357. The molecule has 0 bridgehead atoms. The molecule has 1 heterocycles. The van der Waals surface area contributed by atoms with Crippen LogP contribution in [0.3, 0.4) is 0 Å². The fourth-order valence-corrected chi connectivity index (χ4v) is 1.53. The lowest BCUT2D eigenvalue weighted by molar-refractivity contribution is 0.392. The van der Waals surface area contributed by atoms with Crippen molar-refractivity contribution in [1.29, 1.82) is 0 Å². The number of benzene rings is 1. The maximum atomic E-state index is 13.1. The second kappa shape index (κ2) is 4.90. The van der Waals surface area contributed by atoms with Crippen molar-refractivity contribution in [3.05, 3.63) is 41.8 Å². The summed E-state index contributed by atoms with van der Waals surface area (Å²) >= 11 is 0. The standard InChI is InChI=1S/C14H17FN2O/c1-14(2,3)16-9-12-8-13(18-17-12)10-5-4-6-11(15)7-10/h4-8,16H,9H2,1-3H3. The van der Waals surface area contributed by atoms with Gasteiger partial charge in [-0.15, -0.1) is 0 Å². The molecular formula is C14H17FN2O. The molecule has 0 atom stereocenters. The van der Waals surface area contributed by atoms with Crippen molar-refractivity contribution >= 4 is 0 Å². The maximum Gasteiger partial charge on any atom is 0.167 e. The topological polar surface area (TPSA) is 38.1 Å². The van der Waals surface area contributed by atoms with Gasteiger partial charge in [0.05, 0.1) is 5.69 Å². The van der Waals surface area contributed by atoms with Crippen LogP contribution in [-0.2, 0) is 6.54 Å². The molecule has 0 saturated carbocycles. The van der Waals surface area contributed by atoms with E-state index in [4.69, 9.17) is 4.52 Å². The molecule has 4 heteroatoms. The second-order valence-electron chi connectivity index (χ2n) is 5.30. The summed E-state index contributed by atoms with van der Waals surface area (Å²) in [6.45, 7) is 6.88. The van der Waals surface area contributed by atoms with Gasteiger partial charge in [0.2, 0.25) is 0 Å². The highest BCUT2D eigenvalue weighted by atomic mass is 19.1. The average Bonchev–Trinajstić information content (AvgIpc) is 2.74. The first-order valence-corrected chi connectivity index (χ1v) is 5.91. The Morgan fingerprint density at radius 1 is 1.28 bits per heavy atom. The largest absolute Gasteiger partial charge is 0.356 e. The molecule has 0 aliphatic rings. The molecule has 0 saturated heterocycles. The van der Waals surface area contributed by atoms with Crippen LogP contribution >= 0.6 is 0 Å². The lowest BCUT2D eigenvalue weighted by Crippen LogP contribution is -2.35. The SMILES string of the molecule is CC(C)(C)NCc1cc(-c2cccc(F)c2)on1. The first-order valence-electron chi connectivity index (χ1n) is 5.91. The molecule has 96 valence electrons. The van der Waals surface area contributed by atoms with Gasteiger partial charge in [-0.1, -0.05) is 17.3 Å². The third-order valence-corrected chi connectivity index (χ3v) is 2.47. The molecule has 1 aromatic carbocycles. The van der Waals surface area contributed by atoms with Crippen LogP contribution in [0, 0.1) is 5.82 Å². The molecule has 0 spiro atoms. The quantitative estimate of drug-likeness (QED) is 0.905. The van der Waals surface area contributed by atoms with Crippen LogP contribution in [0.2, 0.25) is 0 Å². The van der Waals surface area contributed by atoms with E-state index >= 15 is 0 Å². The normalized spacial score (nSPS) is 11.8. The Hall–Kier alpha value is -1.68. The smallest absolute Gasteiger partial charge is 0.167 e. The van der Waals surface area contributed by atoms with E-state index in [9.17, 15) is 4.39 Å². The second-order valence-corrected chi connectivity index (χ2v) is 5.30. The molecular weight excluding hydrogens is 231 g/mol. The summed E-state index contributed by atoms with van der Waals surface area (Å²) in [6.07, 6.45) is 0. The van der Waals surface area contributed by atoms with E-state index in [1.165, 1.54) is 12.1 Å². The number of halogens is 1. The van der Waals surface area contributed by atoms with E-state index in [-0.39, 0.29) is 11.4 Å². The lowest BCUT2D eigenvalue weighted by atomic mass is 10.1. The van der Waals surface area contributed by atoms with Gasteiger partial charge in [0.25, 0.3) is 0 Å². The molecule has 0 unspecified atom stereocenters. The van der Waals surface area contributed by atoms with E-state index in [1.807, 2.05) is 6.07 Å². The molecule has 0 radical (unpaired) electrons. The minimum atomic E-state index is -0.279. The predicted octanol–water partition coefficient (Wildman–Crippen LogP) is 3.37. The minimum Gasteiger partial charge on any atom is -0.356 e. The summed E-state index contributed by atoms with van der Waals surface area (Å²) in [7, 11) is 0. The van der Waals surface area contributed by atoms with Crippen molar-refractivity contribution in [2.45, 2.75) is 32.9 Å². The van der Waals surface area contributed by atoms with Crippen LogP contribution < -0.4 is 5.32 Å². The number of rotatable bonds is 3. The molecule has 3 nitrogen and oxygen atoms in total. The van der Waals surface area contributed by atoms with Crippen LogP contribution in [0.4, 0.5) is 4.39 Å². The first kappa shape index (κ1) is 12.8. The van der Waals surface area contributed by atoms with Crippen molar-refractivity contribution in [3.8, 4) is 11.3 Å². The van der Waals surface area contributed by atoms with Crippen molar-refractivity contribution in [1.82, 2.24) is 10.5 Å². The van der Waals surface area contributed by atoms with Crippen molar-refractivity contribution in [2.75, 3.05) is 0 Å². The van der Waals surface area contributed by atoms with Crippen LogP contribution in [-0.4, -0.2) is 10.7 Å². The van der Waals surface area contributed by atoms with E-state index in [0.29, 0.717) is 17.9 Å². The molecule has 0 aliphatic carbocycles. The summed E-state index contributed by atoms with van der Waals surface area (Å²) in [5, 5.41) is 7.28. The third-order valence-electron chi connectivity index (χ3n) is 2.47. The van der Waals surface area contributed by atoms with E-state index in [2.05, 4.69) is 31.2 Å². The Morgan fingerprint density at radius 2 is 2.06 bits per heavy atom. The summed E-state index contributed by atoms with van der Waals surface area (Å²) < 4.78 is 18.3. The monoisotopic (exact) mass is 248 g/mol. The van der Waals surface area contributed by atoms with E-state index < -0.39 is 0 Å².